The SMILES string of the molecule is O=P1(O)Oc2cc3ccccc3c(-c3cccc4ccccc34)c2O1. The van der Waals surface area contributed by atoms with Crippen LogP contribution in [-0.4, -0.2) is 4.89 Å². The van der Waals surface area contributed by atoms with Crippen molar-refractivity contribution in [2.75, 3.05) is 0 Å². The van der Waals surface area contributed by atoms with Crippen LogP contribution in [0.2, 0.25) is 0 Å². The summed E-state index contributed by atoms with van der Waals surface area (Å²) >= 11 is 0. The van der Waals surface area contributed by atoms with Gasteiger partial charge in [-0.15, -0.1) is 0 Å². The van der Waals surface area contributed by atoms with Crippen LogP contribution in [0.1, 0.15) is 0 Å². The lowest BCUT2D eigenvalue weighted by molar-refractivity contribution is 0.324. The van der Waals surface area contributed by atoms with Crippen LogP contribution in [-0.2, 0) is 4.57 Å². The lowest BCUT2D eigenvalue weighted by Crippen LogP contribution is -1.89. The van der Waals surface area contributed by atoms with E-state index in [-0.39, 0.29) is 0 Å². The van der Waals surface area contributed by atoms with Gasteiger partial charge in [0, 0.05) is 5.56 Å². The van der Waals surface area contributed by atoms with Crippen molar-refractivity contribution < 1.29 is 18.5 Å². The first-order chi connectivity index (χ1) is 12.1. The minimum absolute atomic E-state index is 0.299. The highest BCUT2D eigenvalue weighted by atomic mass is 31.2. The molecule has 4 aromatic carbocycles. The third-order valence-electron chi connectivity index (χ3n) is 4.45. The first kappa shape index (κ1) is 14.5. The Morgan fingerprint density at radius 3 is 2.28 bits per heavy atom. The summed E-state index contributed by atoms with van der Waals surface area (Å²) in [6.07, 6.45) is 0. The van der Waals surface area contributed by atoms with Crippen molar-refractivity contribution >= 4 is 29.4 Å². The van der Waals surface area contributed by atoms with Gasteiger partial charge in [-0.05, 0) is 33.2 Å². The molecule has 1 aliphatic heterocycles. The molecule has 1 aliphatic rings. The second kappa shape index (κ2) is 5.09. The number of hydrogen-bond donors (Lipinski definition) is 1. The fourth-order valence-corrected chi connectivity index (χ4v) is 4.26. The molecule has 0 amide bonds. The standard InChI is InChI=1S/C20H13O4P/c21-25(22)23-18-12-14-7-2-4-10-16(14)19(20(18)24-25)17-11-5-8-13-6-1-3-9-15(13)17/h1-12H,(H,21,22). The molecule has 1 unspecified atom stereocenters. The van der Waals surface area contributed by atoms with Gasteiger partial charge in [0.2, 0.25) is 0 Å². The van der Waals surface area contributed by atoms with E-state index in [0.717, 1.165) is 32.7 Å². The predicted molar refractivity (Wildman–Crippen MR) is 98.0 cm³/mol. The summed E-state index contributed by atoms with van der Waals surface area (Å²) < 4.78 is 22.5. The van der Waals surface area contributed by atoms with E-state index in [1.807, 2.05) is 66.7 Å². The van der Waals surface area contributed by atoms with Crippen LogP contribution in [0.3, 0.4) is 0 Å². The van der Waals surface area contributed by atoms with Crippen molar-refractivity contribution in [2.24, 2.45) is 0 Å². The lowest BCUT2D eigenvalue weighted by atomic mass is 9.93. The van der Waals surface area contributed by atoms with E-state index >= 15 is 0 Å². The summed E-state index contributed by atoms with van der Waals surface area (Å²) in [6.45, 7) is 0. The third kappa shape index (κ3) is 2.23. The molecule has 122 valence electrons. The molecule has 0 aromatic heterocycles. The molecule has 0 bridgehead atoms. The van der Waals surface area contributed by atoms with Gasteiger partial charge in [-0.2, -0.15) is 0 Å². The Bertz CT molecular complexity index is 1190. The van der Waals surface area contributed by atoms with Gasteiger partial charge in [-0.3, -0.25) is 4.89 Å². The number of hydrogen-bond acceptors (Lipinski definition) is 3. The average Bonchev–Trinajstić information content (AvgIpc) is 2.92. The maximum atomic E-state index is 12.0. The summed E-state index contributed by atoms with van der Waals surface area (Å²) in [5.74, 6) is 0.619. The molecule has 25 heavy (non-hydrogen) atoms. The Labute approximate surface area is 143 Å². The van der Waals surface area contributed by atoms with Crippen LogP contribution in [0.15, 0.2) is 72.8 Å². The normalized spacial score (nSPS) is 18.8. The van der Waals surface area contributed by atoms with Gasteiger partial charge in [-0.1, -0.05) is 66.7 Å². The topological polar surface area (TPSA) is 55.8 Å². The molecule has 5 heteroatoms. The van der Waals surface area contributed by atoms with Crippen LogP contribution in [0.25, 0.3) is 32.7 Å². The minimum atomic E-state index is -4.12. The molecule has 0 saturated carbocycles. The number of phosphoric acid groups is 1. The lowest BCUT2D eigenvalue weighted by Gasteiger charge is -2.13. The van der Waals surface area contributed by atoms with Gasteiger partial charge in [0.1, 0.15) is 0 Å². The maximum Gasteiger partial charge on any atom is 0.585 e. The Hall–Kier alpha value is -2.81. The van der Waals surface area contributed by atoms with E-state index in [2.05, 4.69) is 0 Å². The smallest absolute Gasteiger partial charge is 0.391 e. The molecule has 0 aliphatic carbocycles. The molecule has 0 spiro atoms. The van der Waals surface area contributed by atoms with Gasteiger partial charge >= 0.3 is 7.82 Å². The zero-order valence-corrected chi connectivity index (χ0v) is 13.9. The second-order valence-electron chi connectivity index (χ2n) is 5.98. The molecule has 1 heterocycles. The van der Waals surface area contributed by atoms with Gasteiger partial charge in [0.25, 0.3) is 0 Å². The molecule has 1 N–H and O–H groups in total. The monoisotopic (exact) mass is 348 g/mol. The van der Waals surface area contributed by atoms with Crippen LogP contribution >= 0.6 is 7.82 Å². The van der Waals surface area contributed by atoms with E-state index in [1.165, 1.54) is 0 Å². The van der Waals surface area contributed by atoms with Crippen LogP contribution in [0, 0.1) is 0 Å². The van der Waals surface area contributed by atoms with E-state index in [0.29, 0.717) is 11.5 Å². The minimum Gasteiger partial charge on any atom is -0.391 e. The van der Waals surface area contributed by atoms with E-state index in [4.69, 9.17) is 9.05 Å². The zero-order chi connectivity index (χ0) is 17.0. The summed E-state index contributed by atoms with van der Waals surface area (Å²) in [6, 6.07) is 23.6. The van der Waals surface area contributed by atoms with Gasteiger partial charge in [-0.25, -0.2) is 4.57 Å². The van der Waals surface area contributed by atoms with Gasteiger partial charge < -0.3 is 9.05 Å². The molecular weight excluding hydrogens is 335 g/mol. The summed E-state index contributed by atoms with van der Waals surface area (Å²) in [4.78, 5) is 9.82. The first-order valence-corrected chi connectivity index (χ1v) is 9.38. The van der Waals surface area contributed by atoms with Gasteiger partial charge in [0.15, 0.2) is 11.5 Å². The average molecular weight is 348 g/mol. The number of rotatable bonds is 1. The van der Waals surface area contributed by atoms with Crippen LogP contribution < -0.4 is 9.05 Å². The summed E-state index contributed by atoms with van der Waals surface area (Å²) in [5, 5.41) is 4.01. The largest absolute Gasteiger partial charge is 0.585 e. The van der Waals surface area contributed by atoms with Crippen molar-refractivity contribution in [3.05, 3.63) is 72.8 Å². The summed E-state index contributed by atoms with van der Waals surface area (Å²) in [5.41, 5.74) is 1.72. The fraction of sp³-hybridized carbons (Fsp3) is 0. The van der Waals surface area contributed by atoms with Crippen molar-refractivity contribution in [1.29, 1.82) is 0 Å². The molecule has 5 rings (SSSR count). The van der Waals surface area contributed by atoms with Crippen molar-refractivity contribution in [2.45, 2.75) is 0 Å². The Morgan fingerprint density at radius 2 is 1.44 bits per heavy atom. The highest BCUT2D eigenvalue weighted by Crippen LogP contribution is 2.60. The Kier molecular flexibility index (Phi) is 2.96. The summed E-state index contributed by atoms with van der Waals surface area (Å²) in [7, 11) is -4.12. The molecular formula is C20H13O4P. The molecule has 0 radical (unpaired) electrons. The van der Waals surface area contributed by atoms with Crippen molar-refractivity contribution in [3.8, 4) is 22.6 Å². The molecule has 1 atom stereocenters. The van der Waals surface area contributed by atoms with Crippen molar-refractivity contribution in [3.63, 3.8) is 0 Å². The molecule has 0 fully saturated rings. The number of phosphoric ester groups is 1. The van der Waals surface area contributed by atoms with E-state index in [1.54, 1.807) is 6.07 Å². The highest BCUT2D eigenvalue weighted by Gasteiger charge is 2.38. The quantitative estimate of drug-likeness (QED) is 0.459. The van der Waals surface area contributed by atoms with Gasteiger partial charge in [0.05, 0.1) is 0 Å². The van der Waals surface area contributed by atoms with Crippen molar-refractivity contribution in [1.82, 2.24) is 0 Å². The molecule has 4 nitrogen and oxygen atoms in total. The van der Waals surface area contributed by atoms with E-state index in [9.17, 15) is 9.46 Å². The number of benzene rings is 4. The first-order valence-electron chi connectivity index (χ1n) is 7.88. The Balaban J connectivity index is 1.95. The molecule has 0 saturated heterocycles. The third-order valence-corrected chi connectivity index (χ3v) is 5.29. The zero-order valence-electron chi connectivity index (χ0n) is 13.0. The fourth-order valence-electron chi connectivity index (χ4n) is 3.43. The van der Waals surface area contributed by atoms with E-state index < -0.39 is 7.82 Å². The molecule has 4 aromatic rings. The van der Waals surface area contributed by atoms with Crippen LogP contribution in [0.5, 0.6) is 11.5 Å². The number of fused-ring (bicyclic) bond motifs is 3. The second-order valence-corrected chi connectivity index (χ2v) is 7.28. The van der Waals surface area contributed by atoms with Crippen LogP contribution in [0.4, 0.5) is 0 Å². The predicted octanol–water partition coefficient (Wildman–Crippen LogP) is 5.53. The maximum absolute atomic E-state index is 12.0. The Morgan fingerprint density at radius 1 is 0.760 bits per heavy atom. The highest BCUT2D eigenvalue weighted by molar-refractivity contribution is 7.48.